The average Bonchev–Trinajstić information content (AvgIpc) is 3.18. The van der Waals surface area contributed by atoms with Crippen LogP contribution in [-0.4, -0.2) is 37.3 Å². The number of rotatable bonds is 7. The minimum absolute atomic E-state index is 0.288. The Hall–Kier alpha value is -4.18. The van der Waals surface area contributed by atoms with E-state index in [1.165, 1.54) is 29.9 Å². The fraction of sp³-hybridized carbons (Fsp3) is 0.259. The second-order valence-electron chi connectivity index (χ2n) is 8.08. The van der Waals surface area contributed by atoms with Gasteiger partial charge in [0.15, 0.2) is 16.3 Å². The van der Waals surface area contributed by atoms with Crippen molar-refractivity contribution in [2.45, 2.75) is 26.8 Å². The van der Waals surface area contributed by atoms with Crippen molar-refractivity contribution >= 4 is 29.4 Å². The van der Waals surface area contributed by atoms with Gasteiger partial charge in [-0.2, -0.15) is 0 Å². The molecule has 1 aromatic heterocycles. The number of hydrogen-bond acceptors (Lipinski definition) is 9. The summed E-state index contributed by atoms with van der Waals surface area (Å²) in [5.41, 5.74) is 1.85. The maximum Gasteiger partial charge on any atom is 0.338 e. The lowest BCUT2D eigenvalue weighted by Gasteiger charge is -2.24. The van der Waals surface area contributed by atoms with Crippen molar-refractivity contribution < 1.29 is 28.5 Å². The molecule has 1 aliphatic rings. The van der Waals surface area contributed by atoms with Gasteiger partial charge in [-0.1, -0.05) is 29.5 Å². The Kier molecular flexibility index (Phi) is 7.58. The highest BCUT2D eigenvalue weighted by molar-refractivity contribution is 7.07. The van der Waals surface area contributed by atoms with Crippen molar-refractivity contribution in [2.24, 2.45) is 4.99 Å². The van der Waals surface area contributed by atoms with Gasteiger partial charge in [-0.3, -0.25) is 14.2 Å². The number of fused-ring (bicyclic) bond motifs is 1. The lowest BCUT2D eigenvalue weighted by Crippen LogP contribution is -2.39. The van der Waals surface area contributed by atoms with Gasteiger partial charge in [-0.25, -0.2) is 9.79 Å². The van der Waals surface area contributed by atoms with Gasteiger partial charge in [0, 0.05) is 6.92 Å². The summed E-state index contributed by atoms with van der Waals surface area (Å²) in [7, 11) is 2.87. The standard InChI is InChI=1S/C27H26N2O7S/c1-6-35-21-13-17(7-12-20(21)36-16(3)30)14-22-25(31)29-24(18-8-10-19(33-4)11-9-18)23(26(32)34-5)15(2)28-27(29)37-22/h7-14,24H,6H2,1-5H3/b22-14-/t24-/m0/s1. The van der Waals surface area contributed by atoms with Crippen LogP contribution in [0, 0.1) is 0 Å². The molecule has 0 fully saturated rings. The molecule has 0 aliphatic carbocycles. The van der Waals surface area contributed by atoms with Gasteiger partial charge in [0.1, 0.15) is 5.75 Å². The Labute approximate surface area is 216 Å². The Bertz CT molecular complexity index is 1570. The van der Waals surface area contributed by atoms with Crippen LogP contribution in [0.3, 0.4) is 0 Å². The molecule has 1 aliphatic heterocycles. The van der Waals surface area contributed by atoms with Gasteiger partial charge in [-0.15, -0.1) is 0 Å². The summed E-state index contributed by atoms with van der Waals surface area (Å²) in [5.74, 6) is 0.319. The maximum absolute atomic E-state index is 13.7. The molecular formula is C27H26N2O7S. The monoisotopic (exact) mass is 522 g/mol. The smallest absolute Gasteiger partial charge is 0.338 e. The zero-order valence-corrected chi connectivity index (χ0v) is 21.9. The van der Waals surface area contributed by atoms with Crippen molar-refractivity contribution in [1.29, 1.82) is 0 Å². The van der Waals surface area contributed by atoms with Gasteiger partial charge in [0.05, 0.1) is 42.7 Å². The highest BCUT2D eigenvalue weighted by Crippen LogP contribution is 2.32. The number of esters is 2. The molecule has 0 saturated carbocycles. The van der Waals surface area contributed by atoms with E-state index in [9.17, 15) is 14.4 Å². The van der Waals surface area contributed by atoms with E-state index in [0.717, 1.165) is 0 Å². The average molecular weight is 523 g/mol. The molecule has 1 atom stereocenters. The molecule has 37 heavy (non-hydrogen) atoms. The van der Waals surface area contributed by atoms with Crippen LogP contribution in [0.1, 0.15) is 37.9 Å². The van der Waals surface area contributed by atoms with Crippen LogP contribution >= 0.6 is 11.3 Å². The van der Waals surface area contributed by atoms with E-state index in [-0.39, 0.29) is 11.1 Å². The molecule has 4 rings (SSSR count). The van der Waals surface area contributed by atoms with E-state index in [1.807, 2.05) is 19.1 Å². The van der Waals surface area contributed by atoms with Crippen molar-refractivity contribution in [3.8, 4) is 17.2 Å². The molecule has 0 unspecified atom stereocenters. The minimum Gasteiger partial charge on any atom is -0.497 e. The molecule has 0 saturated heterocycles. The molecule has 0 spiro atoms. The van der Waals surface area contributed by atoms with Crippen LogP contribution in [0.4, 0.5) is 0 Å². The van der Waals surface area contributed by atoms with E-state index in [4.69, 9.17) is 18.9 Å². The molecule has 2 heterocycles. The maximum atomic E-state index is 13.7. The molecule has 0 N–H and O–H groups in total. The second-order valence-corrected chi connectivity index (χ2v) is 9.09. The number of allylic oxidation sites excluding steroid dienone is 1. The van der Waals surface area contributed by atoms with Crippen LogP contribution in [-0.2, 0) is 14.3 Å². The van der Waals surface area contributed by atoms with E-state index in [1.54, 1.807) is 50.4 Å². The van der Waals surface area contributed by atoms with Crippen LogP contribution < -0.4 is 29.1 Å². The highest BCUT2D eigenvalue weighted by atomic mass is 32.1. The Morgan fingerprint density at radius 2 is 1.84 bits per heavy atom. The largest absolute Gasteiger partial charge is 0.497 e. The van der Waals surface area contributed by atoms with Crippen molar-refractivity contribution in [3.05, 3.63) is 84.5 Å². The summed E-state index contributed by atoms with van der Waals surface area (Å²) in [6, 6.07) is 11.5. The highest BCUT2D eigenvalue weighted by Gasteiger charge is 2.33. The lowest BCUT2D eigenvalue weighted by atomic mass is 9.96. The van der Waals surface area contributed by atoms with E-state index in [0.29, 0.717) is 50.0 Å². The lowest BCUT2D eigenvalue weighted by molar-refractivity contribution is -0.136. The van der Waals surface area contributed by atoms with Gasteiger partial charge in [0.2, 0.25) is 0 Å². The number of carbonyl (C=O) groups is 2. The number of hydrogen-bond donors (Lipinski definition) is 0. The third-order valence-corrected chi connectivity index (χ3v) is 6.66. The van der Waals surface area contributed by atoms with E-state index >= 15 is 0 Å². The number of aromatic nitrogens is 1. The summed E-state index contributed by atoms with van der Waals surface area (Å²) < 4.78 is 23.1. The number of thiazole rings is 1. The zero-order valence-electron chi connectivity index (χ0n) is 21.1. The summed E-state index contributed by atoms with van der Waals surface area (Å²) in [6.07, 6.45) is 1.71. The number of ether oxygens (including phenoxy) is 4. The third-order valence-electron chi connectivity index (χ3n) is 5.68. The Morgan fingerprint density at radius 1 is 1.11 bits per heavy atom. The number of carbonyl (C=O) groups excluding carboxylic acids is 2. The Balaban J connectivity index is 1.88. The first-order valence-electron chi connectivity index (χ1n) is 11.5. The van der Waals surface area contributed by atoms with E-state index < -0.39 is 18.0 Å². The fourth-order valence-corrected chi connectivity index (χ4v) is 5.11. The molecule has 0 amide bonds. The molecule has 0 radical (unpaired) electrons. The summed E-state index contributed by atoms with van der Waals surface area (Å²) in [6.45, 7) is 5.23. The minimum atomic E-state index is -0.720. The van der Waals surface area contributed by atoms with E-state index in [2.05, 4.69) is 4.99 Å². The van der Waals surface area contributed by atoms with Crippen LogP contribution in [0.5, 0.6) is 17.2 Å². The first-order chi connectivity index (χ1) is 17.8. The molecule has 0 bridgehead atoms. The molecular weight excluding hydrogens is 496 g/mol. The van der Waals surface area contributed by atoms with Crippen LogP contribution in [0.25, 0.3) is 6.08 Å². The number of methoxy groups -OCH3 is 2. The predicted octanol–water partition coefficient (Wildman–Crippen LogP) is 2.74. The molecule has 3 aromatic rings. The van der Waals surface area contributed by atoms with Crippen LogP contribution in [0.15, 0.2) is 63.5 Å². The van der Waals surface area contributed by atoms with Gasteiger partial charge < -0.3 is 18.9 Å². The molecule has 2 aromatic carbocycles. The molecule has 192 valence electrons. The summed E-state index contributed by atoms with van der Waals surface area (Å²) >= 11 is 1.21. The van der Waals surface area contributed by atoms with Crippen molar-refractivity contribution in [1.82, 2.24) is 4.57 Å². The second kappa shape index (κ2) is 10.8. The topological polar surface area (TPSA) is 105 Å². The third kappa shape index (κ3) is 5.19. The molecule has 10 heteroatoms. The summed E-state index contributed by atoms with van der Waals surface area (Å²) in [4.78, 5) is 42.9. The zero-order chi connectivity index (χ0) is 26.7. The quantitative estimate of drug-likeness (QED) is 0.347. The molecule has 9 nitrogen and oxygen atoms in total. The SMILES string of the molecule is CCOc1cc(/C=c2\sc3n(c2=O)[C@@H](c2ccc(OC)cc2)C(C(=O)OC)=C(C)N=3)ccc1OC(C)=O. The normalized spacial score (nSPS) is 15.1. The van der Waals surface area contributed by atoms with Gasteiger partial charge in [-0.05, 0) is 55.3 Å². The van der Waals surface area contributed by atoms with Crippen LogP contribution in [0.2, 0.25) is 0 Å². The summed E-state index contributed by atoms with van der Waals surface area (Å²) in [5, 5.41) is 0. The number of benzene rings is 2. The Morgan fingerprint density at radius 3 is 2.46 bits per heavy atom. The van der Waals surface area contributed by atoms with Crippen molar-refractivity contribution in [2.75, 3.05) is 20.8 Å². The first kappa shape index (κ1) is 25.9. The fourth-order valence-electron chi connectivity index (χ4n) is 4.07. The number of nitrogens with zero attached hydrogens (tertiary/aromatic N) is 2. The predicted molar refractivity (Wildman–Crippen MR) is 138 cm³/mol. The first-order valence-corrected chi connectivity index (χ1v) is 12.3. The van der Waals surface area contributed by atoms with Gasteiger partial charge >= 0.3 is 11.9 Å². The van der Waals surface area contributed by atoms with Crippen molar-refractivity contribution in [3.63, 3.8) is 0 Å². The van der Waals surface area contributed by atoms with Gasteiger partial charge in [0.25, 0.3) is 5.56 Å².